The summed E-state index contributed by atoms with van der Waals surface area (Å²) in [5, 5.41) is 10.7. The fourth-order valence-electron chi connectivity index (χ4n) is 3.14. The summed E-state index contributed by atoms with van der Waals surface area (Å²) in [6, 6.07) is 19.7. The van der Waals surface area contributed by atoms with Crippen LogP contribution in [0.25, 0.3) is 0 Å². The number of benzene rings is 2. The SMILES string of the molecule is c1ccc2c(c1)Cc1ccccc1C2NCc1ccn[nH]1. The quantitative estimate of drug-likeness (QED) is 0.770. The van der Waals surface area contributed by atoms with E-state index in [-0.39, 0.29) is 6.04 Å². The summed E-state index contributed by atoms with van der Waals surface area (Å²) in [6.07, 6.45) is 2.81. The second-order valence-corrected chi connectivity index (χ2v) is 5.47. The maximum Gasteiger partial charge on any atom is 0.0585 e. The largest absolute Gasteiger partial charge is 0.301 e. The molecule has 3 aromatic rings. The zero-order valence-electron chi connectivity index (χ0n) is 11.7. The Morgan fingerprint density at radius 2 is 1.62 bits per heavy atom. The zero-order chi connectivity index (χ0) is 14.1. The van der Waals surface area contributed by atoms with E-state index in [1.165, 1.54) is 22.3 Å². The van der Waals surface area contributed by atoms with Gasteiger partial charge in [-0.1, -0.05) is 48.5 Å². The van der Waals surface area contributed by atoms with Gasteiger partial charge in [0.1, 0.15) is 0 Å². The molecule has 2 aromatic carbocycles. The van der Waals surface area contributed by atoms with Crippen LogP contribution in [0.5, 0.6) is 0 Å². The van der Waals surface area contributed by atoms with E-state index >= 15 is 0 Å². The van der Waals surface area contributed by atoms with E-state index in [9.17, 15) is 0 Å². The van der Waals surface area contributed by atoms with Crippen LogP contribution >= 0.6 is 0 Å². The van der Waals surface area contributed by atoms with Crippen molar-refractivity contribution < 1.29 is 0 Å². The lowest BCUT2D eigenvalue weighted by molar-refractivity contribution is 0.580. The van der Waals surface area contributed by atoms with Crippen LogP contribution in [0.15, 0.2) is 60.8 Å². The highest BCUT2D eigenvalue weighted by atomic mass is 15.1. The number of aromatic amines is 1. The van der Waals surface area contributed by atoms with Gasteiger partial charge in [0.2, 0.25) is 0 Å². The van der Waals surface area contributed by atoms with Crippen LogP contribution in [-0.4, -0.2) is 10.2 Å². The van der Waals surface area contributed by atoms with E-state index in [0.29, 0.717) is 0 Å². The maximum atomic E-state index is 4.01. The lowest BCUT2D eigenvalue weighted by Gasteiger charge is -2.29. The number of hydrogen-bond donors (Lipinski definition) is 2. The molecule has 3 heteroatoms. The summed E-state index contributed by atoms with van der Waals surface area (Å²) < 4.78 is 0. The molecule has 0 saturated carbocycles. The smallest absolute Gasteiger partial charge is 0.0585 e. The summed E-state index contributed by atoms with van der Waals surface area (Å²) in [5.74, 6) is 0. The van der Waals surface area contributed by atoms with Crippen molar-refractivity contribution in [3.05, 3.63) is 88.7 Å². The molecule has 0 atom stereocenters. The van der Waals surface area contributed by atoms with E-state index < -0.39 is 0 Å². The lowest BCUT2D eigenvalue weighted by atomic mass is 9.82. The van der Waals surface area contributed by atoms with Crippen LogP contribution in [0.1, 0.15) is 34.0 Å². The monoisotopic (exact) mass is 275 g/mol. The van der Waals surface area contributed by atoms with E-state index in [2.05, 4.69) is 64.0 Å². The molecule has 0 saturated heterocycles. The number of hydrogen-bond acceptors (Lipinski definition) is 2. The van der Waals surface area contributed by atoms with Crippen molar-refractivity contribution in [2.24, 2.45) is 0 Å². The van der Waals surface area contributed by atoms with Gasteiger partial charge in [-0.2, -0.15) is 5.10 Å². The molecule has 1 aliphatic rings. The fraction of sp³-hybridized carbons (Fsp3) is 0.167. The molecule has 0 unspecified atom stereocenters. The Balaban J connectivity index is 1.71. The third kappa shape index (κ3) is 2.26. The average Bonchev–Trinajstić information content (AvgIpc) is 3.05. The molecule has 4 rings (SSSR count). The predicted octanol–water partition coefficient (Wildman–Crippen LogP) is 3.19. The minimum Gasteiger partial charge on any atom is -0.301 e. The van der Waals surface area contributed by atoms with Gasteiger partial charge in [0, 0.05) is 18.4 Å². The first kappa shape index (κ1) is 12.4. The molecule has 21 heavy (non-hydrogen) atoms. The van der Waals surface area contributed by atoms with Crippen LogP contribution in [0.2, 0.25) is 0 Å². The van der Waals surface area contributed by atoms with Crippen molar-refractivity contribution in [1.82, 2.24) is 15.5 Å². The number of nitrogens with one attached hydrogen (secondary N) is 2. The number of fused-ring (bicyclic) bond motifs is 2. The number of nitrogens with zero attached hydrogens (tertiary/aromatic N) is 1. The number of aromatic nitrogens is 2. The Kier molecular flexibility index (Phi) is 3.05. The van der Waals surface area contributed by atoms with Crippen LogP contribution in [0.3, 0.4) is 0 Å². The molecule has 104 valence electrons. The molecule has 0 fully saturated rings. The molecule has 0 amide bonds. The van der Waals surface area contributed by atoms with Crippen molar-refractivity contribution in [2.45, 2.75) is 19.0 Å². The highest BCUT2D eigenvalue weighted by Crippen LogP contribution is 2.34. The maximum absolute atomic E-state index is 4.01. The first-order valence-corrected chi connectivity index (χ1v) is 7.29. The Morgan fingerprint density at radius 1 is 0.952 bits per heavy atom. The topological polar surface area (TPSA) is 40.7 Å². The average molecular weight is 275 g/mol. The van der Waals surface area contributed by atoms with Crippen molar-refractivity contribution in [3.63, 3.8) is 0 Å². The molecule has 0 radical (unpaired) electrons. The third-order valence-corrected chi connectivity index (χ3v) is 4.17. The van der Waals surface area contributed by atoms with Crippen LogP contribution in [0.4, 0.5) is 0 Å². The first-order chi connectivity index (χ1) is 10.4. The molecule has 0 bridgehead atoms. The molecule has 2 N–H and O–H groups in total. The van der Waals surface area contributed by atoms with Gasteiger partial charge in [0.25, 0.3) is 0 Å². The van der Waals surface area contributed by atoms with E-state index in [1.54, 1.807) is 6.20 Å². The highest BCUT2D eigenvalue weighted by Gasteiger charge is 2.24. The Bertz CT molecular complexity index is 701. The molecular formula is C18H17N3. The van der Waals surface area contributed by atoms with Crippen molar-refractivity contribution in [2.75, 3.05) is 0 Å². The van der Waals surface area contributed by atoms with Gasteiger partial charge in [-0.05, 0) is 34.7 Å². The second kappa shape index (κ2) is 5.19. The first-order valence-electron chi connectivity index (χ1n) is 7.29. The van der Waals surface area contributed by atoms with Crippen LogP contribution in [-0.2, 0) is 13.0 Å². The Hall–Kier alpha value is -2.39. The van der Waals surface area contributed by atoms with Gasteiger partial charge in [-0.15, -0.1) is 0 Å². The van der Waals surface area contributed by atoms with Gasteiger partial charge in [-0.3, -0.25) is 5.10 Å². The summed E-state index contributed by atoms with van der Waals surface area (Å²) in [6.45, 7) is 0.785. The second-order valence-electron chi connectivity index (χ2n) is 5.47. The van der Waals surface area contributed by atoms with E-state index in [4.69, 9.17) is 0 Å². The van der Waals surface area contributed by atoms with Gasteiger partial charge in [-0.25, -0.2) is 0 Å². The minimum atomic E-state index is 0.245. The molecule has 1 aliphatic carbocycles. The molecule has 1 aromatic heterocycles. The highest BCUT2D eigenvalue weighted by molar-refractivity contribution is 5.48. The van der Waals surface area contributed by atoms with Crippen LogP contribution < -0.4 is 5.32 Å². The summed E-state index contributed by atoms with van der Waals surface area (Å²) in [4.78, 5) is 0. The normalized spacial score (nSPS) is 13.7. The standard InChI is InChI=1S/C18H17N3/c1-3-7-16-13(5-1)11-14-6-2-4-8-17(14)18(16)19-12-15-9-10-20-21-15/h1-10,18-19H,11-12H2,(H,20,21). The molecule has 0 spiro atoms. The van der Waals surface area contributed by atoms with Crippen molar-refractivity contribution in [1.29, 1.82) is 0 Å². The van der Waals surface area contributed by atoms with E-state index in [0.717, 1.165) is 18.7 Å². The Morgan fingerprint density at radius 3 is 2.24 bits per heavy atom. The molecule has 1 heterocycles. The summed E-state index contributed by atoms with van der Waals surface area (Å²) in [7, 11) is 0. The minimum absolute atomic E-state index is 0.245. The predicted molar refractivity (Wildman–Crippen MR) is 83.0 cm³/mol. The Labute approximate surface area is 124 Å². The van der Waals surface area contributed by atoms with Crippen molar-refractivity contribution in [3.8, 4) is 0 Å². The number of rotatable bonds is 3. The third-order valence-electron chi connectivity index (χ3n) is 4.17. The number of H-pyrrole nitrogens is 1. The van der Waals surface area contributed by atoms with Gasteiger partial charge < -0.3 is 5.32 Å². The summed E-state index contributed by atoms with van der Waals surface area (Å²) >= 11 is 0. The summed E-state index contributed by atoms with van der Waals surface area (Å²) in [5.41, 5.74) is 6.71. The molecule has 3 nitrogen and oxygen atoms in total. The fourth-order valence-corrected chi connectivity index (χ4v) is 3.14. The van der Waals surface area contributed by atoms with E-state index in [1.807, 2.05) is 6.07 Å². The molecule has 0 aliphatic heterocycles. The van der Waals surface area contributed by atoms with Gasteiger partial charge >= 0.3 is 0 Å². The van der Waals surface area contributed by atoms with Gasteiger partial charge in [0.15, 0.2) is 0 Å². The van der Waals surface area contributed by atoms with Crippen LogP contribution in [0, 0.1) is 0 Å². The van der Waals surface area contributed by atoms with Gasteiger partial charge in [0.05, 0.1) is 6.04 Å². The molecular weight excluding hydrogens is 258 g/mol. The zero-order valence-corrected chi connectivity index (χ0v) is 11.7. The van der Waals surface area contributed by atoms with Crippen molar-refractivity contribution >= 4 is 0 Å². The lowest BCUT2D eigenvalue weighted by Crippen LogP contribution is -2.27.